The fraction of sp³-hybridized carbons (Fsp3) is 0.444. The first-order chi connectivity index (χ1) is 13.5. The van der Waals surface area contributed by atoms with Gasteiger partial charge in [0.15, 0.2) is 5.69 Å². The maximum atomic E-state index is 12.9. The minimum atomic E-state index is -4.52. The molecular weight excluding hydrogens is 402 g/mol. The molecule has 1 heterocycles. The molecule has 1 aromatic carbocycles. The Bertz CT molecular complexity index is 870. The average molecular weight is 420 g/mol. The number of urea groups is 1. The number of hydrogen-bond donors (Lipinski definition) is 2. The van der Waals surface area contributed by atoms with Gasteiger partial charge in [-0.3, -0.25) is 4.68 Å². The summed E-state index contributed by atoms with van der Waals surface area (Å²) in [5.74, 6) is 0.0794. The van der Waals surface area contributed by atoms with Crippen LogP contribution in [0.1, 0.15) is 42.1 Å². The second kappa shape index (κ2) is 7.96. The van der Waals surface area contributed by atoms with Crippen LogP contribution in [0.4, 0.5) is 36.8 Å². The molecule has 1 aliphatic carbocycles. The molecule has 0 saturated heterocycles. The molecule has 11 heteroatoms. The van der Waals surface area contributed by atoms with E-state index in [4.69, 9.17) is 0 Å². The van der Waals surface area contributed by atoms with Crippen LogP contribution < -0.4 is 10.6 Å². The van der Waals surface area contributed by atoms with Gasteiger partial charge in [-0.1, -0.05) is 6.07 Å². The van der Waals surface area contributed by atoms with Gasteiger partial charge in [0.05, 0.1) is 5.56 Å². The average Bonchev–Trinajstić information content (AvgIpc) is 3.36. The number of hydrogen-bond acceptors (Lipinski definition) is 2. The molecule has 0 radical (unpaired) electrons. The number of anilines is 1. The van der Waals surface area contributed by atoms with Crippen molar-refractivity contribution < 1.29 is 31.1 Å². The number of nitrogens with one attached hydrogen (secondary N) is 2. The van der Waals surface area contributed by atoms with E-state index in [-0.39, 0.29) is 24.7 Å². The molecule has 0 aliphatic heterocycles. The molecule has 158 valence electrons. The number of aryl methyl sites for hydroxylation is 1. The number of amides is 2. The minimum Gasteiger partial charge on any atom is -0.338 e. The first kappa shape index (κ1) is 21.0. The van der Waals surface area contributed by atoms with Crippen molar-refractivity contribution in [2.45, 2.75) is 44.1 Å². The smallest absolute Gasteiger partial charge is 0.338 e. The summed E-state index contributed by atoms with van der Waals surface area (Å²) in [6.07, 6.45) is -7.08. The van der Waals surface area contributed by atoms with Crippen molar-refractivity contribution in [3.63, 3.8) is 0 Å². The number of carbonyl (C=O) groups is 1. The van der Waals surface area contributed by atoms with Crippen molar-refractivity contribution in [2.75, 3.05) is 11.9 Å². The second-order valence-electron chi connectivity index (χ2n) is 6.76. The number of rotatable bonds is 6. The summed E-state index contributed by atoms with van der Waals surface area (Å²) >= 11 is 0. The Morgan fingerprint density at radius 3 is 2.45 bits per heavy atom. The molecule has 2 N–H and O–H groups in total. The summed E-state index contributed by atoms with van der Waals surface area (Å²) in [7, 11) is 0. The van der Waals surface area contributed by atoms with Crippen molar-refractivity contribution in [1.82, 2.24) is 15.1 Å². The van der Waals surface area contributed by atoms with Gasteiger partial charge < -0.3 is 10.6 Å². The maximum absolute atomic E-state index is 12.9. The fourth-order valence-electron chi connectivity index (χ4n) is 2.84. The van der Waals surface area contributed by atoms with Gasteiger partial charge in [0.2, 0.25) is 0 Å². The van der Waals surface area contributed by atoms with Gasteiger partial charge in [0.1, 0.15) is 0 Å². The zero-order valence-corrected chi connectivity index (χ0v) is 15.1. The lowest BCUT2D eigenvalue weighted by Crippen LogP contribution is -2.30. The molecule has 1 aromatic heterocycles. The lowest BCUT2D eigenvalue weighted by atomic mass is 10.2. The monoisotopic (exact) mass is 420 g/mol. The van der Waals surface area contributed by atoms with Crippen molar-refractivity contribution in [2.24, 2.45) is 0 Å². The van der Waals surface area contributed by atoms with Crippen molar-refractivity contribution in [3.05, 3.63) is 47.3 Å². The largest absolute Gasteiger partial charge is 0.435 e. The molecule has 29 heavy (non-hydrogen) atoms. The molecule has 1 aliphatic rings. The normalized spacial score (nSPS) is 14.7. The van der Waals surface area contributed by atoms with Crippen LogP contribution in [0.5, 0.6) is 0 Å². The molecule has 0 bridgehead atoms. The Balaban J connectivity index is 1.50. The van der Waals surface area contributed by atoms with Crippen LogP contribution in [0.2, 0.25) is 0 Å². The van der Waals surface area contributed by atoms with Crippen LogP contribution in [-0.4, -0.2) is 22.4 Å². The highest BCUT2D eigenvalue weighted by Crippen LogP contribution is 2.42. The van der Waals surface area contributed by atoms with Crippen molar-refractivity contribution >= 4 is 11.7 Å². The molecule has 0 atom stereocenters. The minimum absolute atomic E-state index is 0.0183. The third-order valence-corrected chi connectivity index (χ3v) is 4.38. The summed E-state index contributed by atoms with van der Waals surface area (Å²) in [6, 6.07) is 4.55. The van der Waals surface area contributed by atoms with Crippen LogP contribution in [0.25, 0.3) is 0 Å². The molecule has 0 unspecified atom stereocenters. The van der Waals surface area contributed by atoms with Gasteiger partial charge in [0, 0.05) is 30.4 Å². The molecule has 1 fully saturated rings. The van der Waals surface area contributed by atoms with E-state index >= 15 is 0 Å². The zero-order chi connectivity index (χ0) is 21.2. The Labute approximate surface area is 162 Å². The summed E-state index contributed by atoms with van der Waals surface area (Å²) in [5.41, 5.74) is -1.31. The van der Waals surface area contributed by atoms with Crippen LogP contribution in [-0.2, 0) is 18.9 Å². The summed E-state index contributed by atoms with van der Waals surface area (Å²) in [6.45, 7) is 0.307. The Kier molecular flexibility index (Phi) is 5.76. The molecule has 5 nitrogen and oxygen atoms in total. The summed E-state index contributed by atoms with van der Waals surface area (Å²) < 4.78 is 77.9. The van der Waals surface area contributed by atoms with Gasteiger partial charge >= 0.3 is 18.4 Å². The first-order valence-corrected chi connectivity index (χ1v) is 8.91. The lowest BCUT2D eigenvalue weighted by molar-refractivity contribution is -0.141. The second-order valence-corrected chi connectivity index (χ2v) is 6.76. The van der Waals surface area contributed by atoms with E-state index in [0.29, 0.717) is 12.1 Å². The number of carbonyl (C=O) groups excluding carboxylic acids is 1. The number of benzene rings is 1. The van der Waals surface area contributed by atoms with E-state index in [1.807, 2.05) is 0 Å². The highest BCUT2D eigenvalue weighted by Gasteiger charge is 2.37. The predicted octanol–water partition coefficient (Wildman–Crippen LogP) is 5.01. The molecule has 2 amide bonds. The topological polar surface area (TPSA) is 59.0 Å². The fourth-order valence-corrected chi connectivity index (χ4v) is 2.84. The quantitative estimate of drug-likeness (QED) is 0.510. The van der Waals surface area contributed by atoms with E-state index in [0.717, 1.165) is 31.0 Å². The van der Waals surface area contributed by atoms with E-state index in [2.05, 4.69) is 15.7 Å². The SMILES string of the molecule is O=C(NCCCn1nc(C(F)(F)F)cc1C1CC1)Nc1cccc(C(F)(F)F)c1. The summed E-state index contributed by atoms with van der Waals surface area (Å²) in [4.78, 5) is 11.8. The van der Waals surface area contributed by atoms with Crippen molar-refractivity contribution in [3.8, 4) is 0 Å². The van der Waals surface area contributed by atoms with Crippen LogP contribution >= 0.6 is 0 Å². The first-order valence-electron chi connectivity index (χ1n) is 8.91. The van der Waals surface area contributed by atoms with Gasteiger partial charge in [-0.2, -0.15) is 31.4 Å². The van der Waals surface area contributed by atoms with E-state index in [1.165, 1.54) is 16.8 Å². The molecular formula is C18H18F6N4O. The third-order valence-electron chi connectivity index (χ3n) is 4.38. The standard InChI is InChI=1S/C18H18F6N4O/c19-17(20,21)12-3-1-4-13(9-12)26-16(29)25-7-2-8-28-14(11-5-6-11)10-15(27-28)18(22,23)24/h1,3-4,9-11H,2,5-8H2,(H2,25,26,29). The van der Waals surface area contributed by atoms with E-state index in [9.17, 15) is 31.1 Å². The highest BCUT2D eigenvalue weighted by atomic mass is 19.4. The van der Waals surface area contributed by atoms with Gasteiger partial charge in [-0.15, -0.1) is 0 Å². The highest BCUT2D eigenvalue weighted by molar-refractivity contribution is 5.89. The molecule has 0 spiro atoms. The molecule has 1 saturated carbocycles. The zero-order valence-electron chi connectivity index (χ0n) is 15.1. The van der Waals surface area contributed by atoms with Crippen molar-refractivity contribution in [1.29, 1.82) is 0 Å². The Morgan fingerprint density at radius 1 is 1.10 bits per heavy atom. The maximum Gasteiger partial charge on any atom is 0.435 e. The summed E-state index contributed by atoms with van der Waals surface area (Å²) in [5, 5.41) is 8.38. The lowest BCUT2D eigenvalue weighted by Gasteiger charge is -2.11. The van der Waals surface area contributed by atoms with Crippen LogP contribution in [0.3, 0.4) is 0 Å². The van der Waals surface area contributed by atoms with Gasteiger partial charge in [0.25, 0.3) is 0 Å². The van der Waals surface area contributed by atoms with Gasteiger partial charge in [-0.05, 0) is 43.5 Å². The van der Waals surface area contributed by atoms with E-state index < -0.39 is 29.6 Å². The number of nitrogens with zero attached hydrogens (tertiary/aromatic N) is 2. The molecule has 3 rings (SSSR count). The number of alkyl halides is 6. The number of aromatic nitrogens is 2. The van der Waals surface area contributed by atoms with E-state index in [1.54, 1.807) is 0 Å². The predicted molar refractivity (Wildman–Crippen MR) is 92.3 cm³/mol. The van der Waals surface area contributed by atoms with Crippen LogP contribution in [0, 0.1) is 0 Å². The third kappa shape index (κ3) is 5.64. The van der Waals surface area contributed by atoms with Gasteiger partial charge in [-0.25, -0.2) is 4.79 Å². The number of halogens is 6. The Hall–Kier alpha value is -2.72. The molecule has 2 aromatic rings. The Morgan fingerprint density at radius 2 is 1.83 bits per heavy atom. The van der Waals surface area contributed by atoms with Crippen LogP contribution in [0.15, 0.2) is 30.3 Å².